The minimum atomic E-state index is -0.117. The fourth-order valence-electron chi connectivity index (χ4n) is 3.30. The van der Waals surface area contributed by atoms with Crippen LogP contribution in [0.4, 0.5) is 0 Å². The first-order chi connectivity index (χ1) is 8.84. The maximum Gasteiger partial charge on any atom is 0.242 e. The van der Waals surface area contributed by atoms with Crippen molar-refractivity contribution in [2.45, 2.75) is 31.3 Å². The van der Waals surface area contributed by atoms with E-state index in [2.05, 4.69) is 10.2 Å². The molecule has 102 valence electrons. The van der Waals surface area contributed by atoms with Crippen LogP contribution in [0.15, 0.2) is 0 Å². The number of nitrogens with one attached hydrogen (secondary N) is 1. The Labute approximate surface area is 108 Å². The SMILES string of the molecule is O=C(C1COCCN1)N1CCN2CCCCC2C1. The van der Waals surface area contributed by atoms with Crippen molar-refractivity contribution in [2.75, 3.05) is 45.9 Å². The molecule has 2 atom stereocenters. The van der Waals surface area contributed by atoms with Gasteiger partial charge in [-0.3, -0.25) is 9.69 Å². The Morgan fingerprint density at radius 1 is 1.22 bits per heavy atom. The number of piperidine rings is 1. The van der Waals surface area contributed by atoms with Crippen LogP contribution < -0.4 is 5.32 Å². The largest absolute Gasteiger partial charge is 0.378 e. The van der Waals surface area contributed by atoms with Gasteiger partial charge in [-0.05, 0) is 19.4 Å². The first-order valence-corrected chi connectivity index (χ1v) is 7.18. The number of ether oxygens (including phenoxy) is 1. The normalized spacial score (nSPS) is 34.1. The van der Waals surface area contributed by atoms with E-state index in [1.165, 1.54) is 25.8 Å². The predicted octanol–water partition coefficient (Wildman–Crippen LogP) is -0.328. The third-order valence-electron chi connectivity index (χ3n) is 4.37. The number of hydrogen-bond acceptors (Lipinski definition) is 4. The van der Waals surface area contributed by atoms with Crippen molar-refractivity contribution < 1.29 is 9.53 Å². The van der Waals surface area contributed by atoms with E-state index in [1.54, 1.807) is 0 Å². The van der Waals surface area contributed by atoms with E-state index in [1.807, 2.05) is 4.90 Å². The lowest BCUT2D eigenvalue weighted by Crippen LogP contribution is -2.60. The second-order valence-electron chi connectivity index (χ2n) is 5.55. The zero-order valence-corrected chi connectivity index (χ0v) is 10.9. The average Bonchev–Trinajstić information content (AvgIpc) is 2.47. The molecule has 3 saturated heterocycles. The van der Waals surface area contributed by atoms with Crippen LogP contribution in [-0.4, -0.2) is 73.7 Å². The van der Waals surface area contributed by atoms with E-state index in [4.69, 9.17) is 4.74 Å². The molecule has 0 aromatic rings. The van der Waals surface area contributed by atoms with Gasteiger partial charge in [-0.2, -0.15) is 0 Å². The summed E-state index contributed by atoms with van der Waals surface area (Å²) in [6, 6.07) is 0.481. The molecule has 3 rings (SSSR count). The van der Waals surface area contributed by atoms with Crippen molar-refractivity contribution in [1.29, 1.82) is 0 Å². The van der Waals surface area contributed by atoms with Crippen molar-refractivity contribution in [2.24, 2.45) is 0 Å². The molecule has 0 saturated carbocycles. The summed E-state index contributed by atoms with van der Waals surface area (Å²) in [7, 11) is 0. The van der Waals surface area contributed by atoms with Gasteiger partial charge >= 0.3 is 0 Å². The van der Waals surface area contributed by atoms with Gasteiger partial charge in [-0.25, -0.2) is 0 Å². The Morgan fingerprint density at radius 2 is 2.17 bits per heavy atom. The van der Waals surface area contributed by atoms with Crippen molar-refractivity contribution >= 4 is 5.91 Å². The number of morpholine rings is 1. The molecule has 1 N–H and O–H groups in total. The number of carbonyl (C=O) groups is 1. The lowest BCUT2D eigenvalue weighted by Gasteiger charge is -2.45. The summed E-state index contributed by atoms with van der Waals surface area (Å²) >= 11 is 0. The number of piperazine rings is 1. The first-order valence-electron chi connectivity index (χ1n) is 7.18. The van der Waals surface area contributed by atoms with Crippen molar-refractivity contribution in [3.63, 3.8) is 0 Å². The minimum Gasteiger partial charge on any atom is -0.378 e. The van der Waals surface area contributed by atoms with Gasteiger partial charge in [0.25, 0.3) is 0 Å². The number of hydrogen-bond donors (Lipinski definition) is 1. The van der Waals surface area contributed by atoms with Crippen LogP contribution in [0.5, 0.6) is 0 Å². The van der Waals surface area contributed by atoms with Gasteiger partial charge in [-0.1, -0.05) is 6.42 Å². The molecule has 3 aliphatic heterocycles. The molecular weight excluding hydrogens is 230 g/mol. The number of amides is 1. The van der Waals surface area contributed by atoms with Gasteiger partial charge in [-0.15, -0.1) is 0 Å². The van der Waals surface area contributed by atoms with Gasteiger partial charge in [0, 0.05) is 32.2 Å². The van der Waals surface area contributed by atoms with Gasteiger partial charge in [0.2, 0.25) is 5.91 Å². The highest BCUT2D eigenvalue weighted by atomic mass is 16.5. The highest BCUT2D eigenvalue weighted by Crippen LogP contribution is 2.21. The van der Waals surface area contributed by atoms with E-state index in [0.29, 0.717) is 12.6 Å². The Balaban J connectivity index is 1.57. The van der Waals surface area contributed by atoms with E-state index in [9.17, 15) is 4.79 Å². The van der Waals surface area contributed by atoms with Crippen LogP contribution in [0.2, 0.25) is 0 Å². The van der Waals surface area contributed by atoms with E-state index >= 15 is 0 Å². The molecule has 5 nitrogen and oxygen atoms in total. The van der Waals surface area contributed by atoms with Crippen molar-refractivity contribution in [3.05, 3.63) is 0 Å². The first kappa shape index (κ1) is 12.4. The molecule has 1 amide bonds. The second-order valence-corrected chi connectivity index (χ2v) is 5.55. The fraction of sp³-hybridized carbons (Fsp3) is 0.923. The Bertz CT molecular complexity index is 305. The van der Waals surface area contributed by atoms with Crippen LogP contribution in [0, 0.1) is 0 Å². The number of nitrogens with zero attached hydrogens (tertiary/aromatic N) is 2. The molecule has 0 aliphatic carbocycles. The second kappa shape index (κ2) is 5.55. The molecule has 0 aromatic heterocycles. The zero-order chi connectivity index (χ0) is 12.4. The minimum absolute atomic E-state index is 0.117. The lowest BCUT2D eigenvalue weighted by molar-refractivity contribution is -0.139. The molecule has 2 unspecified atom stereocenters. The Kier molecular flexibility index (Phi) is 3.82. The van der Waals surface area contributed by atoms with Crippen molar-refractivity contribution in [3.8, 4) is 0 Å². The van der Waals surface area contributed by atoms with E-state index in [0.717, 1.165) is 32.8 Å². The number of carbonyl (C=O) groups excluding carboxylic acids is 1. The summed E-state index contributed by atoms with van der Waals surface area (Å²) in [4.78, 5) is 17.0. The topological polar surface area (TPSA) is 44.8 Å². The van der Waals surface area contributed by atoms with Crippen LogP contribution in [0.1, 0.15) is 19.3 Å². The molecule has 3 heterocycles. The monoisotopic (exact) mass is 253 g/mol. The Morgan fingerprint density at radius 3 is 3.00 bits per heavy atom. The quantitative estimate of drug-likeness (QED) is 0.695. The standard InChI is InChI=1S/C13H23N3O2/c17-13(12-10-18-8-4-14-12)16-7-6-15-5-2-1-3-11(15)9-16/h11-12,14H,1-10H2. The molecule has 18 heavy (non-hydrogen) atoms. The van der Waals surface area contributed by atoms with Gasteiger partial charge < -0.3 is 15.0 Å². The molecule has 3 fully saturated rings. The summed E-state index contributed by atoms with van der Waals surface area (Å²) in [6.45, 7) is 6.11. The highest BCUT2D eigenvalue weighted by molar-refractivity contribution is 5.82. The molecule has 0 aromatic carbocycles. The maximum absolute atomic E-state index is 12.4. The summed E-state index contributed by atoms with van der Waals surface area (Å²) < 4.78 is 5.38. The van der Waals surface area contributed by atoms with Gasteiger partial charge in [0.1, 0.15) is 6.04 Å². The van der Waals surface area contributed by atoms with Gasteiger partial charge in [0.15, 0.2) is 0 Å². The predicted molar refractivity (Wildman–Crippen MR) is 68.4 cm³/mol. The number of fused-ring (bicyclic) bond motifs is 1. The zero-order valence-electron chi connectivity index (χ0n) is 10.9. The Hall–Kier alpha value is -0.650. The van der Waals surface area contributed by atoms with Crippen molar-refractivity contribution in [1.82, 2.24) is 15.1 Å². The summed E-state index contributed by atoms with van der Waals surface area (Å²) in [5.41, 5.74) is 0. The molecule has 5 heteroatoms. The summed E-state index contributed by atoms with van der Waals surface area (Å²) in [6.07, 6.45) is 3.88. The van der Waals surface area contributed by atoms with Crippen LogP contribution >= 0.6 is 0 Å². The van der Waals surface area contributed by atoms with E-state index < -0.39 is 0 Å². The number of rotatable bonds is 1. The third kappa shape index (κ3) is 2.53. The molecule has 0 radical (unpaired) electrons. The summed E-state index contributed by atoms with van der Waals surface area (Å²) in [5, 5.41) is 3.26. The third-order valence-corrected chi connectivity index (χ3v) is 4.37. The average molecular weight is 253 g/mol. The summed E-state index contributed by atoms with van der Waals surface area (Å²) in [5.74, 6) is 0.236. The van der Waals surface area contributed by atoms with Gasteiger partial charge in [0.05, 0.1) is 13.2 Å². The lowest BCUT2D eigenvalue weighted by atomic mass is 9.99. The van der Waals surface area contributed by atoms with Crippen LogP contribution in [-0.2, 0) is 9.53 Å². The van der Waals surface area contributed by atoms with Crippen LogP contribution in [0.3, 0.4) is 0 Å². The van der Waals surface area contributed by atoms with Crippen LogP contribution in [0.25, 0.3) is 0 Å². The molecule has 0 bridgehead atoms. The smallest absolute Gasteiger partial charge is 0.242 e. The maximum atomic E-state index is 12.4. The van der Waals surface area contributed by atoms with E-state index in [-0.39, 0.29) is 11.9 Å². The fourth-order valence-corrected chi connectivity index (χ4v) is 3.30. The molecule has 0 spiro atoms. The molecular formula is C13H23N3O2. The highest BCUT2D eigenvalue weighted by Gasteiger charge is 2.34. The molecule has 3 aliphatic rings.